The monoisotopic (exact) mass is 323 g/mol. The summed E-state index contributed by atoms with van der Waals surface area (Å²) in [4.78, 5) is 24.4. The molecule has 24 heavy (non-hydrogen) atoms. The lowest BCUT2D eigenvalue weighted by atomic mass is 10.1. The molecule has 0 unspecified atom stereocenters. The Morgan fingerprint density at radius 3 is 2.79 bits per heavy atom. The highest BCUT2D eigenvalue weighted by Gasteiger charge is 2.40. The van der Waals surface area contributed by atoms with Crippen LogP contribution < -0.4 is 10.9 Å². The van der Waals surface area contributed by atoms with E-state index in [0.29, 0.717) is 11.0 Å². The van der Waals surface area contributed by atoms with E-state index in [1.807, 2.05) is 12.1 Å². The normalized spacial score (nSPS) is 19.2. The Morgan fingerprint density at radius 2 is 1.96 bits per heavy atom. The molecule has 1 heterocycles. The van der Waals surface area contributed by atoms with Crippen molar-refractivity contribution in [2.45, 2.75) is 18.4 Å². The molecule has 2 aromatic carbocycles. The van der Waals surface area contributed by atoms with Crippen LogP contribution in [-0.4, -0.2) is 11.9 Å². The zero-order valence-corrected chi connectivity index (χ0v) is 12.7. The number of hydrogen-bond donors (Lipinski definition) is 1. The first-order valence-electron chi connectivity index (χ1n) is 7.71. The Bertz CT molecular complexity index is 995. The smallest absolute Gasteiger partial charge is 0.349 e. The molecule has 1 aliphatic carbocycles. The maximum absolute atomic E-state index is 13.3. The molecule has 0 saturated heterocycles. The van der Waals surface area contributed by atoms with Gasteiger partial charge in [0.25, 0.3) is 5.91 Å². The summed E-state index contributed by atoms with van der Waals surface area (Å²) in [6.45, 7) is 0. The van der Waals surface area contributed by atoms with E-state index < -0.39 is 11.5 Å². The largest absolute Gasteiger partial charge is 0.422 e. The van der Waals surface area contributed by atoms with Crippen molar-refractivity contribution in [1.82, 2.24) is 5.32 Å². The minimum Gasteiger partial charge on any atom is -0.422 e. The summed E-state index contributed by atoms with van der Waals surface area (Å²) in [7, 11) is 0. The molecule has 1 saturated carbocycles. The molecule has 0 bridgehead atoms. The third kappa shape index (κ3) is 2.69. The summed E-state index contributed by atoms with van der Waals surface area (Å²) >= 11 is 0. The molecule has 1 aliphatic rings. The third-order valence-electron chi connectivity index (χ3n) is 4.27. The van der Waals surface area contributed by atoms with Crippen molar-refractivity contribution >= 4 is 16.9 Å². The standard InChI is InChI=1S/C19H14FNO3/c20-13-6-3-5-11(8-13)14-10-16(14)21-18(22)15-9-12-4-1-2-7-17(12)24-19(15)23/h1-9,14,16H,10H2,(H,21,22)/t14-,16+/m0/s1. The van der Waals surface area contributed by atoms with Gasteiger partial charge in [-0.3, -0.25) is 4.79 Å². The Morgan fingerprint density at radius 1 is 1.12 bits per heavy atom. The molecule has 4 rings (SSSR count). The molecule has 5 heteroatoms. The number of carbonyl (C=O) groups is 1. The van der Waals surface area contributed by atoms with E-state index in [1.165, 1.54) is 18.2 Å². The van der Waals surface area contributed by atoms with Crippen LogP contribution in [0, 0.1) is 5.82 Å². The third-order valence-corrected chi connectivity index (χ3v) is 4.27. The molecule has 1 amide bonds. The Kier molecular flexibility index (Phi) is 3.41. The molecular weight excluding hydrogens is 309 g/mol. The van der Waals surface area contributed by atoms with E-state index in [2.05, 4.69) is 5.32 Å². The highest BCUT2D eigenvalue weighted by Crippen LogP contribution is 2.41. The summed E-state index contributed by atoms with van der Waals surface area (Å²) in [6, 6.07) is 14.8. The van der Waals surface area contributed by atoms with Crippen LogP contribution in [0.4, 0.5) is 4.39 Å². The van der Waals surface area contributed by atoms with Crippen LogP contribution in [0.5, 0.6) is 0 Å². The molecule has 0 radical (unpaired) electrons. The van der Waals surface area contributed by atoms with Crippen molar-refractivity contribution in [1.29, 1.82) is 0 Å². The molecule has 4 nitrogen and oxygen atoms in total. The Balaban J connectivity index is 1.53. The van der Waals surface area contributed by atoms with Gasteiger partial charge in [0.05, 0.1) is 0 Å². The van der Waals surface area contributed by atoms with Gasteiger partial charge in [0, 0.05) is 17.3 Å². The fraction of sp³-hybridized carbons (Fsp3) is 0.158. The zero-order chi connectivity index (χ0) is 16.7. The van der Waals surface area contributed by atoms with E-state index in [1.54, 1.807) is 24.3 Å². The number of fused-ring (bicyclic) bond motifs is 1. The van der Waals surface area contributed by atoms with Gasteiger partial charge in [-0.15, -0.1) is 0 Å². The molecule has 0 aliphatic heterocycles. The summed E-state index contributed by atoms with van der Waals surface area (Å²) in [5, 5.41) is 3.52. The number of hydrogen-bond acceptors (Lipinski definition) is 3. The average Bonchev–Trinajstić information content (AvgIpc) is 3.33. The quantitative estimate of drug-likeness (QED) is 0.753. The molecule has 3 aromatic rings. The lowest BCUT2D eigenvalue weighted by Crippen LogP contribution is -2.30. The number of amides is 1. The van der Waals surface area contributed by atoms with Gasteiger partial charge in [0.15, 0.2) is 0 Å². The van der Waals surface area contributed by atoms with Crippen LogP contribution in [0.2, 0.25) is 0 Å². The van der Waals surface area contributed by atoms with Crippen LogP contribution in [-0.2, 0) is 0 Å². The van der Waals surface area contributed by atoms with Crippen LogP contribution in [0.3, 0.4) is 0 Å². The van der Waals surface area contributed by atoms with Gasteiger partial charge in [-0.2, -0.15) is 0 Å². The van der Waals surface area contributed by atoms with E-state index in [0.717, 1.165) is 12.0 Å². The van der Waals surface area contributed by atoms with Crippen molar-refractivity contribution in [2.75, 3.05) is 0 Å². The SMILES string of the molecule is O=C(N[C@@H]1C[C@H]1c1cccc(F)c1)c1cc2ccccc2oc1=O. The molecule has 0 spiro atoms. The molecule has 1 aromatic heterocycles. The predicted molar refractivity (Wildman–Crippen MR) is 87.5 cm³/mol. The fourth-order valence-corrected chi connectivity index (χ4v) is 2.93. The van der Waals surface area contributed by atoms with Gasteiger partial charge in [-0.05, 0) is 36.2 Å². The van der Waals surface area contributed by atoms with Crippen molar-refractivity contribution in [3.63, 3.8) is 0 Å². The molecule has 120 valence electrons. The summed E-state index contributed by atoms with van der Waals surface area (Å²) in [5.74, 6) is -0.671. The van der Waals surface area contributed by atoms with Crippen LogP contribution in [0.1, 0.15) is 28.3 Å². The van der Waals surface area contributed by atoms with E-state index in [4.69, 9.17) is 4.42 Å². The molecule has 1 N–H and O–H groups in total. The molecule has 2 atom stereocenters. The lowest BCUT2D eigenvalue weighted by molar-refractivity contribution is 0.0947. The molecule has 1 fully saturated rings. The van der Waals surface area contributed by atoms with Gasteiger partial charge in [0.2, 0.25) is 0 Å². The Hall–Kier alpha value is -2.95. The van der Waals surface area contributed by atoms with Gasteiger partial charge in [-0.25, -0.2) is 9.18 Å². The number of nitrogens with one attached hydrogen (secondary N) is 1. The molecular formula is C19H14FNO3. The maximum atomic E-state index is 13.3. The minimum atomic E-state index is -0.658. The van der Waals surface area contributed by atoms with Crippen LogP contribution in [0.15, 0.2) is 63.8 Å². The fourth-order valence-electron chi connectivity index (χ4n) is 2.93. The highest BCUT2D eigenvalue weighted by molar-refractivity contribution is 5.97. The second-order valence-corrected chi connectivity index (χ2v) is 5.96. The van der Waals surface area contributed by atoms with Crippen LogP contribution >= 0.6 is 0 Å². The van der Waals surface area contributed by atoms with Crippen molar-refractivity contribution in [2.24, 2.45) is 0 Å². The average molecular weight is 323 g/mol. The number of benzene rings is 2. The number of para-hydroxylation sites is 1. The topological polar surface area (TPSA) is 59.3 Å². The predicted octanol–water partition coefficient (Wildman–Crippen LogP) is 3.22. The first kappa shape index (κ1) is 14.6. The second kappa shape index (κ2) is 5.60. The van der Waals surface area contributed by atoms with Crippen molar-refractivity contribution in [3.05, 3.63) is 82.0 Å². The second-order valence-electron chi connectivity index (χ2n) is 5.96. The van der Waals surface area contributed by atoms with E-state index >= 15 is 0 Å². The van der Waals surface area contributed by atoms with E-state index in [-0.39, 0.29) is 23.3 Å². The summed E-state index contributed by atoms with van der Waals surface area (Å²) in [6.07, 6.45) is 0.730. The first-order valence-corrected chi connectivity index (χ1v) is 7.71. The minimum absolute atomic E-state index is 0.0152. The summed E-state index contributed by atoms with van der Waals surface area (Å²) in [5.41, 5.74) is 0.627. The number of carbonyl (C=O) groups excluding carboxylic acids is 1. The van der Waals surface area contributed by atoms with Gasteiger partial charge in [-0.1, -0.05) is 30.3 Å². The van der Waals surface area contributed by atoms with Crippen LogP contribution in [0.25, 0.3) is 11.0 Å². The Labute approximate surface area is 136 Å². The zero-order valence-electron chi connectivity index (χ0n) is 12.7. The van der Waals surface area contributed by atoms with Gasteiger partial charge < -0.3 is 9.73 Å². The van der Waals surface area contributed by atoms with Crippen molar-refractivity contribution < 1.29 is 13.6 Å². The highest BCUT2D eigenvalue weighted by atomic mass is 19.1. The number of rotatable bonds is 3. The maximum Gasteiger partial charge on any atom is 0.349 e. The van der Waals surface area contributed by atoms with Gasteiger partial charge >= 0.3 is 5.63 Å². The van der Waals surface area contributed by atoms with Crippen molar-refractivity contribution in [3.8, 4) is 0 Å². The van der Waals surface area contributed by atoms with Gasteiger partial charge in [0.1, 0.15) is 17.0 Å². The number of halogens is 1. The van der Waals surface area contributed by atoms with E-state index in [9.17, 15) is 14.0 Å². The first-order chi connectivity index (χ1) is 11.6. The summed E-state index contributed by atoms with van der Waals surface area (Å²) < 4.78 is 18.4. The lowest BCUT2D eigenvalue weighted by Gasteiger charge is -2.05.